The van der Waals surface area contributed by atoms with E-state index in [1.54, 1.807) is 0 Å². The molecular formula is CeO2Pd. The summed E-state index contributed by atoms with van der Waals surface area (Å²) in [6, 6.07) is 0. The molecule has 0 aromatic heterocycles. The molecule has 0 heterocycles. The van der Waals surface area contributed by atoms with Gasteiger partial charge in [0.25, 0.3) is 0 Å². The summed E-state index contributed by atoms with van der Waals surface area (Å²) in [4.78, 5) is 0. The van der Waals surface area contributed by atoms with Crippen molar-refractivity contribution in [3.8, 4) is 0 Å². The standard InChI is InChI=1S/Ce.2O.Pd. The van der Waals surface area contributed by atoms with Crippen LogP contribution in [0.2, 0.25) is 0 Å². The summed E-state index contributed by atoms with van der Waals surface area (Å²) in [6.45, 7) is 0. The molecule has 0 aliphatic carbocycles. The summed E-state index contributed by atoms with van der Waals surface area (Å²) in [5.41, 5.74) is 0. The van der Waals surface area contributed by atoms with Gasteiger partial charge in [0.05, 0.1) is 0 Å². The van der Waals surface area contributed by atoms with Crippen molar-refractivity contribution in [1.82, 2.24) is 0 Å². The first-order valence-corrected chi connectivity index (χ1v) is 1.53. The van der Waals surface area contributed by atoms with Gasteiger partial charge >= 0.3 is 24.8 Å². The Bertz CT molecular complexity index is 27.0. The molecule has 0 aromatic carbocycles. The van der Waals surface area contributed by atoms with Crippen molar-refractivity contribution >= 4 is 0 Å². The third-order valence-corrected chi connectivity index (χ3v) is 0. The molecule has 0 radical (unpaired) electrons. The minimum atomic E-state index is -1.55. The van der Waals surface area contributed by atoms with Gasteiger partial charge in [0.2, 0.25) is 0 Å². The van der Waals surface area contributed by atoms with E-state index in [1.165, 1.54) is 0 Å². The van der Waals surface area contributed by atoms with Gasteiger partial charge in [0.15, 0.2) is 0 Å². The van der Waals surface area contributed by atoms with Gasteiger partial charge in [-0.25, -0.2) is 0 Å². The van der Waals surface area contributed by atoms with E-state index in [2.05, 4.69) is 0 Å². The van der Waals surface area contributed by atoms with Gasteiger partial charge in [-0.1, -0.05) is 0 Å². The zero-order valence-corrected chi connectivity index (χ0v) is 6.33. The van der Waals surface area contributed by atoms with Gasteiger partial charge in [0, 0.05) is 41.7 Å². The molecule has 0 fully saturated rings. The summed E-state index contributed by atoms with van der Waals surface area (Å²) in [5, 5.41) is 0. The molecular weight excluding hydrogens is 279 g/mol. The Hall–Kier alpha value is 1.64. The molecule has 0 rings (SSSR count). The van der Waals surface area contributed by atoms with Crippen LogP contribution in [0.25, 0.3) is 0 Å². The predicted molar refractivity (Wildman–Crippen MR) is 1.37 cm³/mol. The van der Waals surface area contributed by atoms with Gasteiger partial charge in [-0.2, -0.15) is 0 Å². The molecule has 0 saturated heterocycles. The molecule has 0 aromatic rings. The van der Waals surface area contributed by atoms with Crippen LogP contribution >= 0.6 is 0 Å². The number of hydrogen-bond donors (Lipinski definition) is 0. The van der Waals surface area contributed by atoms with E-state index in [4.69, 9.17) is 6.94 Å². The van der Waals surface area contributed by atoms with E-state index in [9.17, 15) is 0 Å². The van der Waals surface area contributed by atoms with Crippen molar-refractivity contribution in [2.45, 2.75) is 0 Å². The molecule has 0 unspecified atom stereocenters. The van der Waals surface area contributed by atoms with Gasteiger partial charge in [-0.05, 0) is 0 Å². The van der Waals surface area contributed by atoms with Crippen LogP contribution in [0, 0.1) is 41.7 Å². The summed E-state index contributed by atoms with van der Waals surface area (Å²) < 4.78 is 16.8. The van der Waals surface area contributed by atoms with Gasteiger partial charge in [-0.3, -0.25) is 0 Å². The monoisotopic (exact) mass is 278 g/mol. The molecule has 26 valence electrons. The molecule has 0 saturated carbocycles. The molecule has 0 N–H and O–H groups in total. The third-order valence-electron chi connectivity index (χ3n) is 0. The predicted octanol–water partition coefficient (Wildman–Crippen LogP) is -0.240. The van der Waals surface area contributed by atoms with E-state index in [0.717, 1.165) is 0 Å². The van der Waals surface area contributed by atoms with Crippen LogP contribution in [0.5, 0.6) is 0 Å². The maximum absolute atomic E-state index is 8.43. The molecule has 4 heteroatoms. The molecule has 0 aliphatic rings. The first-order valence-electron chi connectivity index (χ1n) is 0.258. The first-order chi connectivity index (χ1) is 1.41. The van der Waals surface area contributed by atoms with Gasteiger partial charge in [-0.15, -0.1) is 0 Å². The fourth-order valence-corrected chi connectivity index (χ4v) is 0. The van der Waals surface area contributed by atoms with Crippen molar-refractivity contribution in [1.29, 1.82) is 0 Å². The van der Waals surface area contributed by atoms with E-state index < -0.39 is 17.9 Å². The van der Waals surface area contributed by atoms with Crippen molar-refractivity contribution < 1.29 is 66.6 Å². The SMILES string of the molecule is [Ce].[O]=[Pd]=[O]. The topological polar surface area (TPSA) is 34.1 Å². The second kappa shape index (κ2) is 8.82. The van der Waals surface area contributed by atoms with Crippen molar-refractivity contribution in [3.63, 3.8) is 0 Å². The average molecular weight is 279 g/mol. The van der Waals surface area contributed by atoms with E-state index >= 15 is 0 Å². The van der Waals surface area contributed by atoms with E-state index in [1.807, 2.05) is 0 Å². The molecule has 0 bridgehead atoms. The Kier molecular flexibility index (Phi) is 20.2. The second-order valence-electron chi connectivity index (χ2n) is 0.0527. The van der Waals surface area contributed by atoms with Crippen molar-refractivity contribution in [2.75, 3.05) is 0 Å². The first kappa shape index (κ1) is 9.16. The van der Waals surface area contributed by atoms with E-state index in [0.29, 0.717) is 0 Å². The second-order valence-corrected chi connectivity index (χ2v) is 0.312. The van der Waals surface area contributed by atoms with Gasteiger partial charge < -0.3 is 0 Å². The third kappa shape index (κ3) is 9.43. The maximum atomic E-state index is 8.43. The van der Waals surface area contributed by atoms with Crippen LogP contribution in [0.1, 0.15) is 0 Å². The summed E-state index contributed by atoms with van der Waals surface area (Å²) in [7, 11) is 0. The van der Waals surface area contributed by atoms with Crippen LogP contribution < -0.4 is 0 Å². The van der Waals surface area contributed by atoms with Crippen LogP contribution in [0.4, 0.5) is 0 Å². The van der Waals surface area contributed by atoms with Crippen LogP contribution in [-0.4, -0.2) is 0 Å². The summed E-state index contributed by atoms with van der Waals surface area (Å²) in [5.74, 6) is 0. The zero-order valence-electron chi connectivity index (χ0n) is 1.63. The summed E-state index contributed by atoms with van der Waals surface area (Å²) >= 11 is -1.55. The van der Waals surface area contributed by atoms with Crippen molar-refractivity contribution in [3.05, 3.63) is 0 Å². The Balaban J connectivity index is 0. The Morgan fingerprint density at radius 1 is 1.25 bits per heavy atom. The normalized spacial score (nSPS) is 5.00. The van der Waals surface area contributed by atoms with Crippen molar-refractivity contribution in [2.24, 2.45) is 0 Å². The average Bonchev–Trinajstić information content (AvgIpc) is 0.918. The Morgan fingerprint density at radius 3 is 1.25 bits per heavy atom. The zero-order chi connectivity index (χ0) is 2.71. The minimum absolute atomic E-state index is 0. The van der Waals surface area contributed by atoms with Crippen LogP contribution in [0.15, 0.2) is 0 Å². The number of rotatable bonds is 0. The van der Waals surface area contributed by atoms with Crippen LogP contribution in [-0.2, 0) is 24.8 Å². The van der Waals surface area contributed by atoms with Crippen LogP contribution in [0.3, 0.4) is 0 Å². The molecule has 0 spiro atoms. The molecule has 0 atom stereocenters. The fourth-order valence-electron chi connectivity index (χ4n) is 0. The molecule has 4 heavy (non-hydrogen) atoms. The number of hydrogen-bond acceptors (Lipinski definition) is 2. The fraction of sp³-hybridized carbons (Fsp3) is 0. The van der Waals surface area contributed by atoms with Gasteiger partial charge in [0.1, 0.15) is 0 Å². The van der Waals surface area contributed by atoms with E-state index in [-0.39, 0.29) is 41.7 Å². The Labute approximate surface area is 65.5 Å². The molecule has 2 nitrogen and oxygen atoms in total. The molecule has 0 aliphatic heterocycles. The Morgan fingerprint density at radius 2 is 1.25 bits per heavy atom. The quantitative estimate of drug-likeness (QED) is 0.573. The summed E-state index contributed by atoms with van der Waals surface area (Å²) in [6.07, 6.45) is 0. The molecule has 0 amide bonds.